The van der Waals surface area contributed by atoms with E-state index in [-0.39, 0.29) is 6.04 Å². The molecule has 0 N–H and O–H groups in total. The highest BCUT2D eigenvalue weighted by molar-refractivity contribution is 6.33. The molecule has 0 fully saturated rings. The predicted molar refractivity (Wildman–Crippen MR) is 132 cm³/mol. The average Bonchev–Trinajstić information content (AvgIpc) is 3.16. The van der Waals surface area contributed by atoms with E-state index in [9.17, 15) is 0 Å². The molecular formula is C25H19Cl2N5O2. The van der Waals surface area contributed by atoms with Crippen molar-refractivity contribution in [1.29, 1.82) is 0 Å². The van der Waals surface area contributed by atoms with E-state index in [2.05, 4.69) is 10.2 Å². The molecule has 34 heavy (non-hydrogen) atoms. The number of anilines is 1. The van der Waals surface area contributed by atoms with Gasteiger partial charge < -0.3 is 9.47 Å². The van der Waals surface area contributed by atoms with Crippen LogP contribution in [0.1, 0.15) is 34.1 Å². The third kappa shape index (κ3) is 2.87. The Bertz CT molecular complexity index is 1480. The summed E-state index contributed by atoms with van der Waals surface area (Å²) in [5.74, 6) is 2.66. The Morgan fingerprint density at radius 1 is 0.941 bits per heavy atom. The van der Waals surface area contributed by atoms with E-state index in [0.717, 1.165) is 45.2 Å². The lowest BCUT2D eigenvalue weighted by molar-refractivity contribution is 0.371. The van der Waals surface area contributed by atoms with Gasteiger partial charge in [-0.05, 0) is 31.2 Å². The second-order valence-electron chi connectivity index (χ2n) is 8.03. The fourth-order valence-electron chi connectivity index (χ4n) is 4.66. The smallest absolute Gasteiger partial charge is 0.253 e. The third-order valence-electron chi connectivity index (χ3n) is 6.22. The SMILES string of the molecule is COC1=C(Cl)C2=C(OC)C(=C1)C2N1N=C(c2ccc(Cl)cc2)c2ccccc2-n2c(C)nnc21. The van der Waals surface area contributed by atoms with Gasteiger partial charge in [0.15, 0.2) is 0 Å². The van der Waals surface area contributed by atoms with Crippen molar-refractivity contribution >= 4 is 34.9 Å². The summed E-state index contributed by atoms with van der Waals surface area (Å²) in [6.07, 6.45) is 0. The Kier molecular flexibility index (Phi) is 4.79. The minimum atomic E-state index is -0.305. The molecule has 1 unspecified atom stereocenters. The maximum absolute atomic E-state index is 6.73. The lowest BCUT2D eigenvalue weighted by Crippen LogP contribution is -2.33. The molecule has 1 atom stereocenters. The molecule has 0 saturated heterocycles. The fourth-order valence-corrected chi connectivity index (χ4v) is 5.11. The molecule has 7 rings (SSSR count). The van der Waals surface area contributed by atoms with Gasteiger partial charge in [-0.25, -0.2) is 5.01 Å². The van der Waals surface area contributed by atoms with Gasteiger partial charge in [0.1, 0.15) is 29.1 Å². The Hall–Kier alpha value is -3.55. The molecule has 2 bridgehead atoms. The summed E-state index contributed by atoms with van der Waals surface area (Å²) in [7, 11) is 3.23. The van der Waals surface area contributed by atoms with Gasteiger partial charge in [0.2, 0.25) is 0 Å². The highest BCUT2D eigenvalue weighted by atomic mass is 35.5. The summed E-state index contributed by atoms with van der Waals surface area (Å²) in [4.78, 5) is 0. The van der Waals surface area contributed by atoms with Crippen LogP contribution in [0.5, 0.6) is 11.5 Å². The van der Waals surface area contributed by atoms with Crippen LogP contribution in [-0.4, -0.2) is 34.7 Å². The number of aryl methyl sites for hydroxylation is 1. The van der Waals surface area contributed by atoms with Crippen LogP contribution in [0.15, 0.2) is 59.7 Å². The molecule has 9 heteroatoms. The second-order valence-corrected chi connectivity index (χ2v) is 8.85. The lowest BCUT2D eigenvalue weighted by atomic mass is 9.84. The molecule has 3 aliphatic rings. The molecule has 1 aliphatic heterocycles. The molecule has 0 amide bonds. The summed E-state index contributed by atoms with van der Waals surface area (Å²) >= 11 is 12.9. The van der Waals surface area contributed by atoms with Crippen molar-refractivity contribution in [2.24, 2.45) is 5.10 Å². The van der Waals surface area contributed by atoms with Crippen molar-refractivity contribution in [2.75, 3.05) is 19.2 Å². The molecule has 1 aromatic heterocycles. The van der Waals surface area contributed by atoms with E-state index < -0.39 is 0 Å². The van der Waals surface area contributed by atoms with Crippen LogP contribution in [0, 0.1) is 6.92 Å². The largest absolute Gasteiger partial charge is 0.496 e. The number of ether oxygens (including phenoxy) is 2. The minimum absolute atomic E-state index is 0.305. The summed E-state index contributed by atoms with van der Waals surface area (Å²) < 4.78 is 13.1. The van der Waals surface area contributed by atoms with Crippen LogP contribution in [0.3, 0.4) is 0 Å². The zero-order valence-electron chi connectivity index (χ0n) is 18.6. The molecule has 3 aromatic carbocycles. The lowest BCUT2D eigenvalue weighted by Gasteiger charge is -2.39. The molecule has 0 radical (unpaired) electrons. The number of fused-ring (bicyclic) bond motifs is 5. The van der Waals surface area contributed by atoms with Crippen LogP contribution < -0.4 is 14.5 Å². The molecule has 7 nitrogen and oxygen atoms in total. The number of hydrazone groups is 1. The first kappa shape index (κ1) is 21.0. The van der Waals surface area contributed by atoms with Crippen LogP contribution in [0.4, 0.5) is 5.95 Å². The predicted octanol–water partition coefficient (Wildman–Crippen LogP) is 5.58. The zero-order valence-corrected chi connectivity index (χ0v) is 20.1. The number of halogens is 2. The van der Waals surface area contributed by atoms with Gasteiger partial charge in [-0.3, -0.25) is 4.57 Å². The highest BCUT2D eigenvalue weighted by Crippen LogP contribution is 2.57. The van der Waals surface area contributed by atoms with Crippen molar-refractivity contribution in [2.45, 2.75) is 13.0 Å². The first-order chi connectivity index (χ1) is 16.5. The van der Waals surface area contributed by atoms with Gasteiger partial charge in [0, 0.05) is 27.3 Å². The maximum Gasteiger partial charge on any atom is 0.253 e. The van der Waals surface area contributed by atoms with Crippen molar-refractivity contribution in [1.82, 2.24) is 14.8 Å². The topological polar surface area (TPSA) is 64.8 Å². The van der Waals surface area contributed by atoms with Gasteiger partial charge in [0.25, 0.3) is 5.95 Å². The number of benzene rings is 3. The van der Waals surface area contributed by atoms with Crippen molar-refractivity contribution < 1.29 is 9.47 Å². The van der Waals surface area contributed by atoms with Crippen LogP contribution in [0.2, 0.25) is 10.0 Å². The first-order valence-corrected chi connectivity index (χ1v) is 11.4. The fraction of sp³-hybridized carbons (Fsp3) is 0.160. The number of rotatable bonds is 4. The standard InChI is InChI=1S/C25H19Cl2N5O2/c1-13-28-29-25-31(13)18-7-5-4-6-16(18)22(14-8-10-15(26)11-9-14)30-32(25)23-17-12-19(33-2)21(27)20(23)24(17)34-3/h4-12,23H,1-3H3. The zero-order chi connectivity index (χ0) is 23.6. The molecule has 2 aliphatic carbocycles. The average molecular weight is 492 g/mol. The van der Waals surface area contributed by atoms with E-state index >= 15 is 0 Å². The Labute approximate surface area is 206 Å². The van der Waals surface area contributed by atoms with E-state index in [1.54, 1.807) is 14.2 Å². The van der Waals surface area contributed by atoms with Gasteiger partial charge in [0.05, 0.1) is 24.9 Å². The number of hydrogen-bond donors (Lipinski definition) is 0. The van der Waals surface area contributed by atoms with Crippen molar-refractivity contribution in [3.63, 3.8) is 0 Å². The van der Waals surface area contributed by atoms with Crippen LogP contribution in [-0.2, 0) is 0 Å². The monoisotopic (exact) mass is 491 g/mol. The Morgan fingerprint density at radius 3 is 2.41 bits per heavy atom. The number of para-hydroxylation sites is 1. The van der Waals surface area contributed by atoms with Gasteiger partial charge >= 0.3 is 0 Å². The number of methoxy groups -OCH3 is 2. The van der Waals surface area contributed by atoms with Crippen molar-refractivity contribution in [3.8, 4) is 17.2 Å². The Morgan fingerprint density at radius 2 is 1.71 bits per heavy atom. The molecule has 170 valence electrons. The highest BCUT2D eigenvalue weighted by Gasteiger charge is 2.45. The first-order valence-electron chi connectivity index (χ1n) is 10.6. The maximum atomic E-state index is 6.73. The van der Waals surface area contributed by atoms with E-state index in [1.165, 1.54) is 0 Å². The van der Waals surface area contributed by atoms with Gasteiger partial charge in [-0.1, -0.05) is 53.5 Å². The molecular weight excluding hydrogens is 473 g/mol. The number of nitrogens with zero attached hydrogens (tertiary/aromatic N) is 5. The molecule has 2 heterocycles. The molecule has 0 saturated carbocycles. The summed E-state index contributed by atoms with van der Waals surface area (Å²) in [5.41, 5.74) is 5.32. The summed E-state index contributed by atoms with van der Waals surface area (Å²) in [6.45, 7) is 1.93. The second kappa shape index (κ2) is 7.75. The summed E-state index contributed by atoms with van der Waals surface area (Å²) in [6, 6.07) is 17.3. The van der Waals surface area contributed by atoms with Gasteiger partial charge in [-0.2, -0.15) is 5.10 Å². The van der Waals surface area contributed by atoms with Crippen LogP contribution >= 0.6 is 23.2 Å². The quantitative estimate of drug-likeness (QED) is 0.373. The minimum Gasteiger partial charge on any atom is -0.496 e. The normalized spacial score (nSPS) is 15.6. The summed E-state index contributed by atoms with van der Waals surface area (Å²) in [5, 5.41) is 17.1. The Balaban J connectivity index is 1.62. The van der Waals surface area contributed by atoms with E-state index in [0.29, 0.717) is 21.7 Å². The third-order valence-corrected chi connectivity index (χ3v) is 6.86. The van der Waals surface area contributed by atoms with E-state index in [1.807, 2.05) is 71.1 Å². The van der Waals surface area contributed by atoms with Gasteiger partial charge in [-0.15, -0.1) is 10.2 Å². The molecule has 0 spiro atoms. The number of hydrogen-bond acceptors (Lipinski definition) is 6. The molecule has 4 aromatic rings. The number of aromatic nitrogens is 3. The van der Waals surface area contributed by atoms with Crippen LogP contribution in [0.25, 0.3) is 5.69 Å². The van der Waals surface area contributed by atoms with Crippen molar-refractivity contribution in [3.05, 3.63) is 92.7 Å². The van der Waals surface area contributed by atoms with E-state index in [4.69, 9.17) is 37.8 Å².